The molecule has 4 bridgehead atoms. The molecule has 1 aliphatic heterocycles. The number of aliphatic carboxylic acids is 1. The van der Waals surface area contributed by atoms with E-state index in [9.17, 15) is 19.5 Å². The maximum atomic E-state index is 13.6. The Morgan fingerprint density at radius 2 is 1.70 bits per heavy atom. The average Bonchev–Trinajstić information content (AvgIpc) is 3.09. The fraction of sp³-hybridized carbons (Fsp3) is 0.857. The molecule has 6 nitrogen and oxygen atoms in total. The molecule has 4 aliphatic carbocycles. The number of carboxylic acid groups (broad SMARTS) is 1. The Balaban J connectivity index is 1.47. The molecule has 6 heteroatoms. The van der Waals surface area contributed by atoms with Crippen molar-refractivity contribution in [2.24, 2.45) is 23.2 Å². The van der Waals surface area contributed by atoms with Gasteiger partial charge >= 0.3 is 5.97 Å². The Kier molecular flexibility index (Phi) is 4.93. The molecule has 1 heterocycles. The van der Waals surface area contributed by atoms with Crippen molar-refractivity contribution >= 4 is 17.8 Å². The van der Waals surface area contributed by atoms with Gasteiger partial charge in [0.25, 0.3) is 0 Å². The van der Waals surface area contributed by atoms with E-state index in [1.54, 1.807) is 4.90 Å². The minimum atomic E-state index is -0.998. The molecular formula is C21H32N2O4. The molecule has 0 aromatic carbocycles. The number of carbonyl (C=O) groups excluding carboxylic acids is 2. The molecule has 5 fully saturated rings. The first-order valence-corrected chi connectivity index (χ1v) is 10.8. The Morgan fingerprint density at radius 3 is 2.22 bits per heavy atom. The zero-order valence-corrected chi connectivity index (χ0v) is 16.3. The van der Waals surface area contributed by atoms with E-state index in [1.165, 1.54) is 19.3 Å². The monoisotopic (exact) mass is 376 g/mol. The first-order valence-electron chi connectivity index (χ1n) is 10.8. The van der Waals surface area contributed by atoms with Crippen molar-refractivity contribution in [1.82, 2.24) is 10.2 Å². The molecule has 2 N–H and O–H groups in total. The molecule has 5 rings (SSSR count). The normalized spacial score (nSPS) is 38.0. The van der Waals surface area contributed by atoms with Gasteiger partial charge in [-0.15, -0.1) is 0 Å². The highest BCUT2D eigenvalue weighted by molar-refractivity contribution is 5.92. The van der Waals surface area contributed by atoms with Crippen LogP contribution in [0.15, 0.2) is 0 Å². The van der Waals surface area contributed by atoms with Crippen molar-refractivity contribution in [2.75, 3.05) is 6.54 Å². The summed E-state index contributed by atoms with van der Waals surface area (Å²) in [6.45, 7) is 2.53. The Labute approximate surface area is 161 Å². The van der Waals surface area contributed by atoms with E-state index in [2.05, 4.69) is 5.32 Å². The van der Waals surface area contributed by atoms with Gasteiger partial charge in [-0.05, 0) is 75.5 Å². The molecular weight excluding hydrogens is 344 g/mol. The lowest BCUT2D eigenvalue weighted by Gasteiger charge is -2.56. The molecule has 5 aliphatic rings. The van der Waals surface area contributed by atoms with Crippen LogP contribution < -0.4 is 5.32 Å². The first-order chi connectivity index (χ1) is 12.9. The Hall–Kier alpha value is -1.59. The van der Waals surface area contributed by atoms with Crippen LogP contribution in [0.1, 0.15) is 71.1 Å². The third kappa shape index (κ3) is 3.36. The summed E-state index contributed by atoms with van der Waals surface area (Å²) in [7, 11) is 0. The average molecular weight is 376 g/mol. The van der Waals surface area contributed by atoms with Crippen molar-refractivity contribution in [3.05, 3.63) is 0 Å². The molecule has 1 saturated heterocycles. The van der Waals surface area contributed by atoms with Gasteiger partial charge in [0, 0.05) is 6.54 Å². The third-order valence-corrected chi connectivity index (χ3v) is 7.50. The summed E-state index contributed by atoms with van der Waals surface area (Å²) in [5.41, 5.74) is -0.243. The second-order valence-electron chi connectivity index (χ2n) is 9.54. The number of likely N-dealkylation sites (tertiary alicyclic amines) is 1. The van der Waals surface area contributed by atoms with Crippen LogP contribution in [0.5, 0.6) is 0 Å². The van der Waals surface area contributed by atoms with Crippen LogP contribution in [0.4, 0.5) is 0 Å². The fourth-order valence-corrected chi connectivity index (χ4v) is 6.77. The zero-order valence-electron chi connectivity index (χ0n) is 16.3. The van der Waals surface area contributed by atoms with Crippen LogP contribution >= 0.6 is 0 Å². The molecule has 0 aromatic heterocycles. The minimum Gasteiger partial charge on any atom is -0.480 e. The van der Waals surface area contributed by atoms with Crippen LogP contribution in [0.25, 0.3) is 0 Å². The maximum Gasteiger partial charge on any atom is 0.326 e. The number of nitrogens with zero attached hydrogens (tertiary/aromatic N) is 1. The van der Waals surface area contributed by atoms with Crippen molar-refractivity contribution < 1.29 is 19.5 Å². The molecule has 2 unspecified atom stereocenters. The van der Waals surface area contributed by atoms with E-state index in [4.69, 9.17) is 0 Å². The highest BCUT2D eigenvalue weighted by atomic mass is 16.4. The van der Waals surface area contributed by atoms with E-state index in [0.29, 0.717) is 43.6 Å². The second kappa shape index (κ2) is 7.10. The molecule has 0 spiro atoms. The summed E-state index contributed by atoms with van der Waals surface area (Å²) in [5, 5.41) is 12.0. The topological polar surface area (TPSA) is 86.7 Å². The highest BCUT2D eigenvalue weighted by Crippen LogP contribution is 2.60. The molecule has 27 heavy (non-hydrogen) atoms. The third-order valence-electron chi connectivity index (χ3n) is 7.50. The summed E-state index contributed by atoms with van der Waals surface area (Å²) >= 11 is 0. The predicted octanol–water partition coefficient (Wildman–Crippen LogP) is 2.56. The predicted molar refractivity (Wildman–Crippen MR) is 99.8 cm³/mol. The highest BCUT2D eigenvalue weighted by Gasteiger charge is 2.56. The van der Waals surface area contributed by atoms with Gasteiger partial charge < -0.3 is 15.3 Å². The van der Waals surface area contributed by atoms with E-state index >= 15 is 0 Å². The van der Waals surface area contributed by atoms with Crippen LogP contribution in [0.3, 0.4) is 0 Å². The van der Waals surface area contributed by atoms with Gasteiger partial charge in [0.05, 0.1) is 5.41 Å². The largest absolute Gasteiger partial charge is 0.480 e. The van der Waals surface area contributed by atoms with Crippen molar-refractivity contribution in [3.8, 4) is 0 Å². The molecule has 0 radical (unpaired) electrons. The smallest absolute Gasteiger partial charge is 0.326 e. The zero-order chi connectivity index (χ0) is 19.2. The van der Waals surface area contributed by atoms with E-state index in [0.717, 1.165) is 25.7 Å². The van der Waals surface area contributed by atoms with Crippen LogP contribution in [0, 0.1) is 23.2 Å². The van der Waals surface area contributed by atoms with Gasteiger partial charge in [0.2, 0.25) is 11.8 Å². The number of hydrogen-bond acceptors (Lipinski definition) is 3. The number of carbonyl (C=O) groups is 3. The van der Waals surface area contributed by atoms with Crippen molar-refractivity contribution in [3.63, 3.8) is 0 Å². The van der Waals surface area contributed by atoms with Crippen LogP contribution in [-0.2, 0) is 14.4 Å². The summed E-state index contributed by atoms with van der Waals surface area (Å²) in [6.07, 6.45) is 9.41. The van der Waals surface area contributed by atoms with Crippen LogP contribution in [-0.4, -0.2) is 46.4 Å². The quantitative estimate of drug-likeness (QED) is 0.746. The summed E-state index contributed by atoms with van der Waals surface area (Å²) in [6, 6.07) is -1.36. The molecule has 0 aromatic rings. The summed E-state index contributed by atoms with van der Waals surface area (Å²) < 4.78 is 0. The van der Waals surface area contributed by atoms with Gasteiger partial charge in [0.15, 0.2) is 0 Å². The molecule has 4 saturated carbocycles. The number of nitrogens with one attached hydrogen (secondary N) is 1. The number of hydrogen-bond donors (Lipinski definition) is 2. The van der Waals surface area contributed by atoms with Crippen LogP contribution in [0.2, 0.25) is 0 Å². The van der Waals surface area contributed by atoms with Gasteiger partial charge in [-0.1, -0.05) is 13.3 Å². The number of amides is 2. The van der Waals surface area contributed by atoms with Gasteiger partial charge in [-0.25, -0.2) is 4.79 Å². The van der Waals surface area contributed by atoms with Gasteiger partial charge in [0.1, 0.15) is 12.1 Å². The van der Waals surface area contributed by atoms with Gasteiger partial charge in [-0.2, -0.15) is 0 Å². The standard InChI is InChI=1S/C21H32N2O4/c1-2-4-16(19(25)26)22-18(24)17-5-3-6-23(17)20(27)21-10-13-7-14(11-21)9-15(8-13)12-21/h13-17H,2-12H2,1H3,(H,22,24)(H,25,26). The van der Waals surface area contributed by atoms with E-state index in [-0.39, 0.29) is 17.2 Å². The van der Waals surface area contributed by atoms with Crippen molar-refractivity contribution in [1.29, 1.82) is 0 Å². The van der Waals surface area contributed by atoms with E-state index in [1.807, 2.05) is 6.92 Å². The fourth-order valence-electron chi connectivity index (χ4n) is 6.77. The molecule has 2 amide bonds. The minimum absolute atomic E-state index is 0.182. The van der Waals surface area contributed by atoms with E-state index < -0.39 is 18.1 Å². The Bertz CT molecular complexity index is 596. The lowest BCUT2D eigenvalue weighted by Crippen LogP contribution is -2.58. The summed E-state index contributed by atoms with van der Waals surface area (Å²) in [4.78, 5) is 39.6. The lowest BCUT2D eigenvalue weighted by molar-refractivity contribution is -0.160. The first kappa shape index (κ1) is 18.8. The second-order valence-corrected chi connectivity index (χ2v) is 9.54. The number of rotatable bonds is 6. The SMILES string of the molecule is CCCC(NC(=O)C1CCCN1C(=O)C12CC3CC(CC(C3)C1)C2)C(=O)O. The Morgan fingerprint density at radius 1 is 1.11 bits per heavy atom. The number of carboxylic acids is 1. The lowest BCUT2D eigenvalue weighted by atomic mass is 9.49. The molecule has 2 atom stereocenters. The van der Waals surface area contributed by atoms with Crippen molar-refractivity contribution in [2.45, 2.75) is 83.2 Å². The van der Waals surface area contributed by atoms with Gasteiger partial charge in [-0.3, -0.25) is 9.59 Å². The summed E-state index contributed by atoms with van der Waals surface area (Å²) in [5.74, 6) is 0.971. The molecule has 150 valence electrons. The maximum absolute atomic E-state index is 13.6.